The van der Waals surface area contributed by atoms with Crippen molar-refractivity contribution in [3.8, 4) is 0 Å². The van der Waals surface area contributed by atoms with Crippen molar-refractivity contribution in [2.75, 3.05) is 39.8 Å². The number of benzene rings is 1. The predicted octanol–water partition coefficient (Wildman–Crippen LogP) is 1.73. The van der Waals surface area contributed by atoms with Gasteiger partial charge in [-0.1, -0.05) is 29.8 Å². The number of ether oxygens (including phenoxy) is 1. The topological polar surface area (TPSA) is 48.9 Å². The number of likely N-dealkylation sites (N-methyl/N-ethyl adjacent to an activating group) is 1. The standard InChI is InChI=1S/C16H25ClN4O/c1-3-18-16(19-10-13-6-4-5-7-15(13)17)20-11-14-12-21(2)8-9-22-14/h4-7,14H,3,8-12H2,1-2H3,(H2,18,19,20). The lowest BCUT2D eigenvalue weighted by Crippen LogP contribution is -2.48. The Kier molecular flexibility index (Phi) is 6.96. The summed E-state index contributed by atoms with van der Waals surface area (Å²) in [6, 6.07) is 7.78. The van der Waals surface area contributed by atoms with Crippen LogP contribution in [0.5, 0.6) is 0 Å². The number of aliphatic imine (C=N–C) groups is 1. The van der Waals surface area contributed by atoms with E-state index in [0.717, 1.165) is 49.3 Å². The lowest BCUT2D eigenvalue weighted by atomic mass is 10.2. The average molecular weight is 325 g/mol. The molecule has 0 saturated carbocycles. The van der Waals surface area contributed by atoms with Gasteiger partial charge in [0.2, 0.25) is 0 Å². The van der Waals surface area contributed by atoms with Crippen molar-refractivity contribution < 1.29 is 4.74 Å². The average Bonchev–Trinajstić information content (AvgIpc) is 2.51. The molecular formula is C16H25ClN4O. The van der Waals surface area contributed by atoms with Crippen molar-refractivity contribution in [1.29, 1.82) is 0 Å². The molecule has 1 unspecified atom stereocenters. The minimum atomic E-state index is 0.197. The van der Waals surface area contributed by atoms with Crippen LogP contribution in [0.2, 0.25) is 5.02 Å². The molecule has 1 fully saturated rings. The molecule has 0 aromatic heterocycles. The number of halogens is 1. The fraction of sp³-hybridized carbons (Fsp3) is 0.562. The molecule has 2 N–H and O–H groups in total. The second-order valence-corrected chi connectivity index (χ2v) is 5.83. The zero-order valence-corrected chi connectivity index (χ0v) is 14.1. The number of hydrogen-bond acceptors (Lipinski definition) is 3. The monoisotopic (exact) mass is 324 g/mol. The van der Waals surface area contributed by atoms with Gasteiger partial charge in [0.15, 0.2) is 5.96 Å². The zero-order chi connectivity index (χ0) is 15.8. The van der Waals surface area contributed by atoms with Crippen LogP contribution in [0.1, 0.15) is 12.5 Å². The van der Waals surface area contributed by atoms with Gasteiger partial charge >= 0.3 is 0 Å². The normalized spacial score (nSPS) is 20.0. The van der Waals surface area contributed by atoms with Crippen LogP contribution in [0.3, 0.4) is 0 Å². The smallest absolute Gasteiger partial charge is 0.191 e. The molecule has 1 heterocycles. The highest BCUT2D eigenvalue weighted by atomic mass is 35.5. The summed E-state index contributed by atoms with van der Waals surface area (Å²) in [6.45, 7) is 6.90. The molecule has 5 nitrogen and oxygen atoms in total. The fourth-order valence-electron chi connectivity index (χ4n) is 2.33. The van der Waals surface area contributed by atoms with E-state index in [1.165, 1.54) is 0 Å². The quantitative estimate of drug-likeness (QED) is 0.639. The third-order valence-corrected chi connectivity index (χ3v) is 3.92. The van der Waals surface area contributed by atoms with Crippen LogP contribution in [0.25, 0.3) is 0 Å². The van der Waals surface area contributed by atoms with E-state index in [4.69, 9.17) is 16.3 Å². The fourth-order valence-corrected chi connectivity index (χ4v) is 2.53. The number of nitrogens with zero attached hydrogens (tertiary/aromatic N) is 2. The van der Waals surface area contributed by atoms with Gasteiger partial charge in [0.25, 0.3) is 0 Å². The summed E-state index contributed by atoms with van der Waals surface area (Å²) >= 11 is 6.16. The molecule has 22 heavy (non-hydrogen) atoms. The molecule has 1 aromatic carbocycles. The molecule has 1 aliphatic rings. The third-order valence-electron chi connectivity index (χ3n) is 3.55. The lowest BCUT2D eigenvalue weighted by Gasteiger charge is -2.30. The molecular weight excluding hydrogens is 300 g/mol. The Morgan fingerprint density at radius 1 is 1.41 bits per heavy atom. The van der Waals surface area contributed by atoms with Crippen molar-refractivity contribution in [2.24, 2.45) is 4.99 Å². The number of guanidine groups is 1. The highest BCUT2D eigenvalue weighted by Crippen LogP contribution is 2.15. The molecule has 2 rings (SSSR count). The highest BCUT2D eigenvalue weighted by Gasteiger charge is 2.17. The largest absolute Gasteiger partial charge is 0.374 e. The van der Waals surface area contributed by atoms with E-state index in [2.05, 4.69) is 34.5 Å². The predicted molar refractivity (Wildman–Crippen MR) is 91.5 cm³/mol. The van der Waals surface area contributed by atoms with Gasteiger partial charge in [-0.3, -0.25) is 0 Å². The Balaban J connectivity index is 1.88. The minimum absolute atomic E-state index is 0.197. The van der Waals surface area contributed by atoms with Crippen molar-refractivity contribution in [3.05, 3.63) is 34.9 Å². The van der Waals surface area contributed by atoms with Crippen molar-refractivity contribution >= 4 is 17.6 Å². The Morgan fingerprint density at radius 3 is 2.95 bits per heavy atom. The molecule has 6 heteroatoms. The number of nitrogens with one attached hydrogen (secondary N) is 2. The van der Waals surface area contributed by atoms with Gasteiger partial charge in [0.1, 0.15) is 0 Å². The Labute approximate surface area is 137 Å². The van der Waals surface area contributed by atoms with Crippen LogP contribution < -0.4 is 10.6 Å². The van der Waals surface area contributed by atoms with Crippen LogP contribution in [0, 0.1) is 0 Å². The van der Waals surface area contributed by atoms with Crippen molar-refractivity contribution in [2.45, 2.75) is 19.6 Å². The highest BCUT2D eigenvalue weighted by molar-refractivity contribution is 6.31. The number of morpholine rings is 1. The van der Waals surface area contributed by atoms with Crippen molar-refractivity contribution in [1.82, 2.24) is 15.5 Å². The van der Waals surface area contributed by atoms with Crippen LogP contribution in [-0.4, -0.2) is 56.8 Å². The van der Waals surface area contributed by atoms with Gasteiger partial charge in [0.05, 0.1) is 19.3 Å². The summed E-state index contributed by atoms with van der Waals surface area (Å²) in [7, 11) is 2.12. The minimum Gasteiger partial charge on any atom is -0.374 e. The summed E-state index contributed by atoms with van der Waals surface area (Å²) in [6.07, 6.45) is 0.197. The van der Waals surface area contributed by atoms with Crippen LogP contribution in [0.4, 0.5) is 0 Å². The first-order chi connectivity index (χ1) is 10.7. The SMILES string of the molecule is CCNC(=NCc1ccccc1Cl)NCC1CN(C)CCO1. The summed E-state index contributed by atoms with van der Waals surface area (Å²) in [5, 5.41) is 7.34. The van der Waals surface area contributed by atoms with Crippen molar-refractivity contribution in [3.63, 3.8) is 0 Å². The summed E-state index contributed by atoms with van der Waals surface area (Å²) in [5.74, 6) is 0.791. The first-order valence-electron chi connectivity index (χ1n) is 7.74. The van der Waals surface area contributed by atoms with E-state index in [9.17, 15) is 0 Å². The first-order valence-corrected chi connectivity index (χ1v) is 8.12. The van der Waals surface area contributed by atoms with Crippen LogP contribution in [0.15, 0.2) is 29.3 Å². The molecule has 1 saturated heterocycles. The molecule has 0 amide bonds. The van der Waals surface area contributed by atoms with E-state index in [1.807, 2.05) is 24.3 Å². The second kappa shape index (κ2) is 8.98. The van der Waals surface area contributed by atoms with Gasteiger partial charge in [-0.2, -0.15) is 0 Å². The summed E-state index contributed by atoms with van der Waals surface area (Å²) in [5.41, 5.74) is 1.02. The van der Waals surface area contributed by atoms with Gasteiger partial charge in [-0.25, -0.2) is 4.99 Å². The molecule has 0 radical (unpaired) electrons. The molecule has 0 spiro atoms. The molecule has 1 aliphatic heterocycles. The Hall–Kier alpha value is -1.30. The van der Waals surface area contributed by atoms with E-state index >= 15 is 0 Å². The third kappa shape index (κ3) is 5.48. The maximum Gasteiger partial charge on any atom is 0.191 e. The molecule has 0 aliphatic carbocycles. The summed E-state index contributed by atoms with van der Waals surface area (Å²) in [4.78, 5) is 6.87. The molecule has 1 aromatic rings. The van der Waals surface area contributed by atoms with Gasteiger partial charge < -0.3 is 20.3 Å². The molecule has 0 bridgehead atoms. The van der Waals surface area contributed by atoms with Crippen LogP contribution in [-0.2, 0) is 11.3 Å². The number of hydrogen-bond donors (Lipinski definition) is 2. The van der Waals surface area contributed by atoms with Gasteiger partial charge in [-0.05, 0) is 25.6 Å². The van der Waals surface area contributed by atoms with E-state index in [0.29, 0.717) is 6.54 Å². The maximum absolute atomic E-state index is 6.16. The Bertz CT molecular complexity index is 495. The van der Waals surface area contributed by atoms with E-state index in [-0.39, 0.29) is 6.10 Å². The zero-order valence-electron chi connectivity index (χ0n) is 13.3. The Morgan fingerprint density at radius 2 is 2.23 bits per heavy atom. The summed E-state index contributed by atoms with van der Waals surface area (Å²) < 4.78 is 5.75. The maximum atomic E-state index is 6.16. The van der Waals surface area contributed by atoms with E-state index in [1.54, 1.807) is 0 Å². The first kappa shape index (κ1) is 17.1. The van der Waals surface area contributed by atoms with E-state index < -0.39 is 0 Å². The molecule has 122 valence electrons. The van der Waals surface area contributed by atoms with Gasteiger partial charge in [0, 0.05) is 31.2 Å². The van der Waals surface area contributed by atoms with Crippen LogP contribution >= 0.6 is 11.6 Å². The number of rotatable bonds is 5. The lowest BCUT2D eigenvalue weighted by molar-refractivity contribution is -0.0161. The van der Waals surface area contributed by atoms with Gasteiger partial charge in [-0.15, -0.1) is 0 Å². The molecule has 1 atom stereocenters. The second-order valence-electron chi connectivity index (χ2n) is 5.42.